The molecule has 0 atom stereocenters. The average molecular weight is 513 g/mol. The molecule has 38 heavy (non-hydrogen) atoms. The van der Waals surface area contributed by atoms with Crippen LogP contribution in [0.15, 0.2) is 78.9 Å². The van der Waals surface area contributed by atoms with Crippen LogP contribution in [0.25, 0.3) is 5.57 Å². The summed E-state index contributed by atoms with van der Waals surface area (Å²) in [6, 6.07) is 18.0. The summed E-state index contributed by atoms with van der Waals surface area (Å²) in [4.78, 5) is 5.25. The number of piperidine rings is 1. The maximum atomic E-state index is 4.55. The molecule has 206 valence electrons. The van der Waals surface area contributed by atoms with Crippen LogP contribution in [0.3, 0.4) is 0 Å². The van der Waals surface area contributed by atoms with Gasteiger partial charge in [-0.05, 0) is 111 Å². The number of likely N-dealkylation sites (tertiary alicyclic amines) is 1. The SMILES string of the molecule is C=C(CCC1CCN(Cc2ccccc2)CC1)c1ccc(CC)c(CN(CCC)C/C(=C/C=C\C)CC)c1. The van der Waals surface area contributed by atoms with Crippen molar-refractivity contribution in [3.63, 3.8) is 0 Å². The fraction of sp³-hybridized carbons (Fsp3) is 0.500. The molecule has 1 heterocycles. The Bertz CT molecular complexity index is 1020. The summed E-state index contributed by atoms with van der Waals surface area (Å²) < 4.78 is 0. The third-order valence-corrected chi connectivity index (χ3v) is 8.14. The summed E-state index contributed by atoms with van der Waals surface area (Å²) in [5.74, 6) is 0.824. The van der Waals surface area contributed by atoms with Crippen LogP contribution in [0.4, 0.5) is 0 Å². The van der Waals surface area contributed by atoms with Gasteiger partial charge in [0.2, 0.25) is 0 Å². The molecule has 0 amide bonds. The molecule has 0 bridgehead atoms. The Kier molecular flexibility index (Phi) is 13.1. The number of hydrogen-bond acceptors (Lipinski definition) is 2. The Morgan fingerprint density at radius 1 is 1.03 bits per heavy atom. The summed E-state index contributed by atoms with van der Waals surface area (Å²) in [6.07, 6.45) is 15.0. The number of nitrogens with zero attached hydrogens (tertiary/aromatic N) is 2. The number of hydrogen-bond donors (Lipinski definition) is 0. The monoisotopic (exact) mass is 512 g/mol. The zero-order chi connectivity index (χ0) is 27.2. The molecular weight excluding hydrogens is 460 g/mol. The van der Waals surface area contributed by atoms with Crippen molar-refractivity contribution < 1.29 is 0 Å². The van der Waals surface area contributed by atoms with Gasteiger partial charge in [-0.1, -0.05) is 93.6 Å². The maximum absolute atomic E-state index is 4.55. The Morgan fingerprint density at radius 3 is 2.45 bits per heavy atom. The van der Waals surface area contributed by atoms with Gasteiger partial charge < -0.3 is 0 Å². The number of benzene rings is 2. The number of rotatable bonds is 15. The smallest absolute Gasteiger partial charge is 0.0240 e. The van der Waals surface area contributed by atoms with Gasteiger partial charge >= 0.3 is 0 Å². The third kappa shape index (κ3) is 9.71. The highest BCUT2D eigenvalue weighted by Gasteiger charge is 2.20. The molecule has 0 unspecified atom stereocenters. The van der Waals surface area contributed by atoms with E-state index in [0.29, 0.717) is 0 Å². The number of aryl methyl sites for hydroxylation is 1. The molecule has 1 saturated heterocycles. The van der Waals surface area contributed by atoms with E-state index in [4.69, 9.17) is 0 Å². The van der Waals surface area contributed by atoms with E-state index >= 15 is 0 Å². The second kappa shape index (κ2) is 16.5. The Labute approximate surface area is 234 Å². The molecule has 0 radical (unpaired) electrons. The van der Waals surface area contributed by atoms with Gasteiger partial charge in [-0.15, -0.1) is 0 Å². The quantitative estimate of drug-likeness (QED) is 0.220. The molecule has 0 aromatic heterocycles. The van der Waals surface area contributed by atoms with Crippen molar-refractivity contribution in [2.75, 3.05) is 26.2 Å². The van der Waals surface area contributed by atoms with Gasteiger partial charge in [0.05, 0.1) is 0 Å². The normalized spacial score (nSPS) is 15.6. The van der Waals surface area contributed by atoms with E-state index in [9.17, 15) is 0 Å². The van der Waals surface area contributed by atoms with Crippen molar-refractivity contribution in [3.8, 4) is 0 Å². The van der Waals surface area contributed by atoms with Gasteiger partial charge in [0, 0.05) is 19.6 Å². The molecule has 2 heteroatoms. The highest BCUT2D eigenvalue weighted by molar-refractivity contribution is 5.64. The zero-order valence-electron chi connectivity index (χ0n) is 24.7. The first-order valence-electron chi connectivity index (χ1n) is 15.1. The predicted octanol–water partition coefficient (Wildman–Crippen LogP) is 9.08. The number of allylic oxidation sites excluding steroid dienone is 4. The van der Waals surface area contributed by atoms with E-state index in [0.717, 1.165) is 51.4 Å². The maximum Gasteiger partial charge on any atom is 0.0240 e. The van der Waals surface area contributed by atoms with Crippen LogP contribution in [-0.4, -0.2) is 36.0 Å². The third-order valence-electron chi connectivity index (χ3n) is 8.14. The minimum Gasteiger partial charge on any atom is -0.299 e. The summed E-state index contributed by atoms with van der Waals surface area (Å²) in [7, 11) is 0. The van der Waals surface area contributed by atoms with Crippen LogP contribution in [-0.2, 0) is 19.5 Å². The van der Waals surface area contributed by atoms with E-state index in [1.807, 2.05) is 0 Å². The predicted molar refractivity (Wildman–Crippen MR) is 167 cm³/mol. The fourth-order valence-corrected chi connectivity index (χ4v) is 5.71. The molecule has 1 aliphatic rings. The minimum atomic E-state index is 0.824. The molecular formula is C36H52N2. The first kappa shape index (κ1) is 30.1. The Morgan fingerprint density at radius 2 is 1.79 bits per heavy atom. The van der Waals surface area contributed by atoms with Crippen molar-refractivity contribution in [2.24, 2.45) is 5.92 Å². The lowest BCUT2D eigenvalue weighted by Gasteiger charge is -2.32. The largest absolute Gasteiger partial charge is 0.299 e. The molecule has 1 fully saturated rings. The molecule has 2 aromatic rings. The van der Waals surface area contributed by atoms with Crippen molar-refractivity contribution in [1.29, 1.82) is 0 Å². The molecule has 1 aliphatic heterocycles. The Hall–Kier alpha value is -2.42. The fourth-order valence-electron chi connectivity index (χ4n) is 5.71. The van der Waals surface area contributed by atoms with Crippen LogP contribution in [0, 0.1) is 5.92 Å². The van der Waals surface area contributed by atoms with Gasteiger partial charge in [-0.25, -0.2) is 0 Å². The van der Waals surface area contributed by atoms with Crippen LogP contribution in [0.2, 0.25) is 0 Å². The molecule has 0 N–H and O–H groups in total. The van der Waals surface area contributed by atoms with Crippen molar-refractivity contribution >= 4 is 5.57 Å². The van der Waals surface area contributed by atoms with Gasteiger partial charge in [0.1, 0.15) is 0 Å². The minimum absolute atomic E-state index is 0.824. The second-order valence-electron chi connectivity index (χ2n) is 11.1. The van der Waals surface area contributed by atoms with Crippen molar-refractivity contribution in [3.05, 3.63) is 101 Å². The highest BCUT2D eigenvalue weighted by atomic mass is 15.1. The van der Waals surface area contributed by atoms with E-state index in [-0.39, 0.29) is 0 Å². The van der Waals surface area contributed by atoms with E-state index in [2.05, 4.69) is 111 Å². The standard InChI is InChI=1S/C36H52N2/c1-6-10-14-31(8-3)27-38(23-7-2)29-36-26-35(20-19-34(36)9-4)30(5)17-18-32-21-24-37(25-22-32)28-33-15-12-11-13-16-33/h6,10-16,19-20,26,32H,5,7-9,17-18,21-25,27-29H2,1-4H3/b10-6-,31-14+. The van der Waals surface area contributed by atoms with Crippen molar-refractivity contribution in [2.45, 2.75) is 85.7 Å². The first-order valence-corrected chi connectivity index (χ1v) is 15.1. The lowest BCUT2D eigenvalue weighted by molar-refractivity contribution is 0.173. The van der Waals surface area contributed by atoms with E-state index in [1.165, 1.54) is 72.2 Å². The molecule has 3 rings (SSSR count). The lowest BCUT2D eigenvalue weighted by Crippen LogP contribution is -2.33. The van der Waals surface area contributed by atoms with Crippen LogP contribution < -0.4 is 0 Å². The topological polar surface area (TPSA) is 6.48 Å². The molecule has 0 saturated carbocycles. The van der Waals surface area contributed by atoms with Gasteiger partial charge in [0.25, 0.3) is 0 Å². The first-order chi connectivity index (χ1) is 18.6. The highest BCUT2D eigenvalue weighted by Crippen LogP contribution is 2.29. The van der Waals surface area contributed by atoms with Crippen molar-refractivity contribution in [1.82, 2.24) is 9.80 Å². The molecule has 0 aliphatic carbocycles. The van der Waals surface area contributed by atoms with Gasteiger partial charge in [-0.2, -0.15) is 0 Å². The van der Waals surface area contributed by atoms with Gasteiger partial charge in [0.15, 0.2) is 0 Å². The van der Waals surface area contributed by atoms with E-state index < -0.39 is 0 Å². The zero-order valence-corrected chi connectivity index (χ0v) is 24.7. The molecule has 2 nitrogen and oxygen atoms in total. The molecule has 2 aromatic carbocycles. The molecule has 0 spiro atoms. The summed E-state index contributed by atoms with van der Waals surface area (Å²) in [5.41, 5.74) is 8.55. The Balaban J connectivity index is 1.56. The van der Waals surface area contributed by atoms with Crippen LogP contribution in [0.5, 0.6) is 0 Å². The van der Waals surface area contributed by atoms with E-state index in [1.54, 1.807) is 0 Å². The second-order valence-corrected chi connectivity index (χ2v) is 11.1. The summed E-state index contributed by atoms with van der Waals surface area (Å²) >= 11 is 0. The summed E-state index contributed by atoms with van der Waals surface area (Å²) in [5, 5.41) is 0. The lowest BCUT2D eigenvalue weighted by atomic mass is 9.88. The summed E-state index contributed by atoms with van der Waals surface area (Å²) in [6.45, 7) is 20.2. The average Bonchev–Trinajstić information content (AvgIpc) is 2.95. The van der Waals surface area contributed by atoms with Crippen LogP contribution >= 0.6 is 0 Å². The van der Waals surface area contributed by atoms with Gasteiger partial charge in [-0.3, -0.25) is 9.80 Å². The van der Waals surface area contributed by atoms with Crippen LogP contribution in [0.1, 0.15) is 88.5 Å².